The van der Waals surface area contributed by atoms with Crippen LogP contribution in [0, 0.1) is 5.82 Å². The Bertz CT molecular complexity index is 1270. The van der Waals surface area contributed by atoms with Crippen LogP contribution in [0.3, 0.4) is 0 Å². The number of rotatable bonds is 2. The molecule has 2 aromatic carbocycles. The third-order valence-electron chi connectivity index (χ3n) is 5.41. The van der Waals surface area contributed by atoms with Crippen LogP contribution in [-0.2, 0) is 0 Å². The van der Waals surface area contributed by atoms with Crippen molar-refractivity contribution in [3.05, 3.63) is 101 Å². The number of ether oxygens (including phenoxy) is 1. The summed E-state index contributed by atoms with van der Waals surface area (Å²) < 4.78 is 21.8. The van der Waals surface area contributed by atoms with Gasteiger partial charge in [-0.25, -0.2) is 4.39 Å². The predicted octanol–water partition coefficient (Wildman–Crippen LogP) is 3.77. The molecule has 0 amide bonds. The zero-order valence-corrected chi connectivity index (χ0v) is 15.6. The molecule has 2 atom stereocenters. The van der Waals surface area contributed by atoms with E-state index < -0.39 is 6.10 Å². The van der Waals surface area contributed by atoms with E-state index in [1.54, 1.807) is 29.2 Å². The molecule has 2 aliphatic rings. The maximum atomic E-state index is 13.6. The average Bonchev–Trinajstić information content (AvgIpc) is 3.26. The first kappa shape index (κ1) is 16.8. The van der Waals surface area contributed by atoms with Crippen LogP contribution in [0.25, 0.3) is 5.70 Å². The zero-order valence-electron chi connectivity index (χ0n) is 15.6. The van der Waals surface area contributed by atoms with Crippen molar-refractivity contribution in [2.45, 2.75) is 12.1 Å². The summed E-state index contributed by atoms with van der Waals surface area (Å²) in [6.07, 6.45) is 3.07. The number of hydrogen-bond acceptors (Lipinski definition) is 6. The SMILES string of the molecule is Fc1ccc([C@H]2Oc3ccccc3C3=C2[C@@H](c2cccnc2)n2nnnc2N3)cc1. The molecule has 0 fully saturated rings. The molecule has 30 heavy (non-hydrogen) atoms. The fourth-order valence-corrected chi connectivity index (χ4v) is 4.11. The van der Waals surface area contributed by atoms with Crippen LogP contribution < -0.4 is 10.1 Å². The van der Waals surface area contributed by atoms with Gasteiger partial charge in [-0.05, 0) is 51.9 Å². The molecular weight excluding hydrogens is 383 g/mol. The Labute approximate surface area is 170 Å². The van der Waals surface area contributed by atoms with Gasteiger partial charge in [0.05, 0.1) is 5.70 Å². The molecule has 0 bridgehead atoms. The minimum absolute atomic E-state index is 0.294. The van der Waals surface area contributed by atoms with Gasteiger partial charge in [-0.15, -0.1) is 0 Å². The number of aromatic nitrogens is 5. The van der Waals surface area contributed by atoms with Gasteiger partial charge in [-0.1, -0.05) is 35.4 Å². The van der Waals surface area contributed by atoms with Crippen molar-refractivity contribution in [3.8, 4) is 5.75 Å². The van der Waals surface area contributed by atoms with Gasteiger partial charge in [0.15, 0.2) is 0 Å². The van der Waals surface area contributed by atoms with Crippen LogP contribution in [0.2, 0.25) is 0 Å². The first-order valence-electron chi connectivity index (χ1n) is 9.50. The number of halogens is 1. The fraction of sp³-hybridized carbons (Fsp3) is 0.0909. The molecule has 146 valence electrons. The van der Waals surface area contributed by atoms with Gasteiger partial charge in [0.1, 0.15) is 23.7 Å². The van der Waals surface area contributed by atoms with E-state index in [-0.39, 0.29) is 11.9 Å². The van der Waals surface area contributed by atoms with Gasteiger partial charge in [0.25, 0.3) is 0 Å². The van der Waals surface area contributed by atoms with Crippen LogP contribution in [-0.4, -0.2) is 25.2 Å². The summed E-state index contributed by atoms with van der Waals surface area (Å²) in [5, 5.41) is 15.6. The molecule has 0 saturated heterocycles. The molecule has 0 aliphatic carbocycles. The number of para-hydroxylation sites is 1. The Morgan fingerprint density at radius 1 is 0.967 bits per heavy atom. The molecule has 0 spiro atoms. The second kappa shape index (κ2) is 6.48. The van der Waals surface area contributed by atoms with Gasteiger partial charge in [0.2, 0.25) is 5.95 Å². The second-order valence-electron chi connectivity index (χ2n) is 7.14. The Hall–Kier alpha value is -4.07. The molecule has 6 rings (SSSR count). The van der Waals surface area contributed by atoms with Crippen LogP contribution >= 0.6 is 0 Å². The maximum absolute atomic E-state index is 13.6. The van der Waals surface area contributed by atoms with E-state index in [4.69, 9.17) is 4.74 Å². The van der Waals surface area contributed by atoms with Crippen LogP contribution in [0.5, 0.6) is 5.75 Å². The number of tetrazole rings is 1. The van der Waals surface area contributed by atoms with E-state index in [9.17, 15) is 4.39 Å². The summed E-state index contributed by atoms with van der Waals surface area (Å²) >= 11 is 0. The van der Waals surface area contributed by atoms with E-state index in [1.165, 1.54) is 12.1 Å². The van der Waals surface area contributed by atoms with Crippen molar-refractivity contribution in [1.82, 2.24) is 25.2 Å². The molecule has 8 heteroatoms. The second-order valence-corrected chi connectivity index (χ2v) is 7.14. The average molecular weight is 398 g/mol. The van der Waals surface area contributed by atoms with Crippen molar-refractivity contribution in [2.24, 2.45) is 0 Å². The highest BCUT2D eigenvalue weighted by Gasteiger charge is 2.41. The van der Waals surface area contributed by atoms with Crippen molar-refractivity contribution >= 4 is 11.6 Å². The first-order chi connectivity index (χ1) is 14.8. The van der Waals surface area contributed by atoms with Gasteiger partial charge in [-0.2, -0.15) is 4.68 Å². The minimum Gasteiger partial charge on any atom is -0.480 e. The maximum Gasteiger partial charge on any atom is 0.248 e. The Kier molecular flexibility index (Phi) is 3.64. The normalized spacial score (nSPS) is 19.2. The topological polar surface area (TPSA) is 77.8 Å². The highest BCUT2D eigenvalue weighted by molar-refractivity contribution is 5.85. The lowest BCUT2D eigenvalue weighted by Gasteiger charge is -2.38. The highest BCUT2D eigenvalue weighted by Crippen LogP contribution is 2.50. The Morgan fingerprint density at radius 2 is 1.83 bits per heavy atom. The summed E-state index contributed by atoms with van der Waals surface area (Å²) in [5.41, 5.74) is 4.52. The quantitative estimate of drug-likeness (QED) is 0.554. The molecule has 0 unspecified atom stereocenters. The molecule has 0 saturated carbocycles. The van der Waals surface area contributed by atoms with Crippen molar-refractivity contribution in [2.75, 3.05) is 5.32 Å². The number of anilines is 1. The number of fused-ring (bicyclic) bond motifs is 3. The molecular formula is C22H15FN6O. The number of pyridine rings is 1. The summed E-state index contributed by atoms with van der Waals surface area (Å²) in [6, 6.07) is 17.7. The van der Waals surface area contributed by atoms with Crippen LogP contribution in [0.15, 0.2) is 78.6 Å². The number of hydrogen-bond donors (Lipinski definition) is 1. The molecule has 1 N–H and O–H groups in total. The van der Waals surface area contributed by atoms with E-state index in [1.807, 2.05) is 36.4 Å². The third-order valence-corrected chi connectivity index (χ3v) is 5.41. The first-order valence-corrected chi connectivity index (χ1v) is 9.50. The number of nitrogens with one attached hydrogen (secondary N) is 1. The van der Waals surface area contributed by atoms with E-state index in [0.717, 1.165) is 33.7 Å². The molecule has 2 aliphatic heterocycles. The zero-order chi connectivity index (χ0) is 20.1. The van der Waals surface area contributed by atoms with E-state index in [0.29, 0.717) is 5.95 Å². The summed E-state index contributed by atoms with van der Waals surface area (Å²) in [7, 11) is 0. The van der Waals surface area contributed by atoms with Gasteiger partial charge < -0.3 is 10.1 Å². The monoisotopic (exact) mass is 398 g/mol. The molecule has 7 nitrogen and oxygen atoms in total. The lowest BCUT2D eigenvalue weighted by atomic mass is 9.85. The van der Waals surface area contributed by atoms with Crippen molar-refractivity contribution in [3.63, 3.8) is 0 Å². The summed E-state index contributed by atoms with van der Waals surface area (Å²) in [5.74, 6) is 0.985. The number of benzene rings is 2. The number of nitrogens with zero attached hydrogens (tertiary/aromatic N) is 5. The fourth-order valence-electron chi connectivity index (χ4n) is 4.11. The van der Waals surface area contributed by atoms with Crippen LogP contribution in [0.1, 0.15) is 28.8 Å². The van der Waals surface area contributed by atoms with Crippen LogP contribution in [0.4, 0.5) is 10.3 Å². The predicted molar refractivity (Wildman–Crippen MR) is 107 cm³/mol. The van der Waals surface area contributed by atoms with Gasteiger partial charge in [-0.3, -0.25) is 4.98 Å². The van der Waals surface area contributed by atoms with E-state index in [2.05, 4.69) is 25.8 Å². The van der Waals surface area contributed by atoms with Crippen molar-refractivity contribution in [1.29, 1.82) is 0 Å². The highest BCUT2D eigenvalue weighted by atomic mass is 19.1. The summed E-state index contributed by atoms with van der Waals surface area (Å²) in [6.45, 7) is 0. The standard InChI is InChI=1S/C22H15FN6O/c23-15-9-7-13(8-10-15)21-18-19(16-5-1-2-6-17(16)30-21)25-22-26-27-28-29(22)20(18)14-4-3-11-24-12-14/h1-12,20-21H,(H,25,26,28)/t20-,21-/m1/s1. The molecule has 4 heterocycles. The van der Waals surface area contributed by atoms with Crippen molar-refractivity contribution < 1.29 is 9.13 Å². The molecule has 2 aromatic heterocycles. The lowest BCUT2D eigenvalue weighted by Crippen LogP contribution is -2.32. The Morgan fingerprint density at radius 3 is 2.67 bits per heavy atom. The van der Waals surface area contributed by atoms with E-state index >= 15 is 0 Å². The smallest absolute Gasteiger partial charge is 0.248 e. The largest absolute Gasteiger partial charge is 0.480 e. The van der Waals surface area contributed by atoms with Gasteiger partial charge in [0, 0.05) is 23.5 Å². The van der Waals surface area contributed by atoms with Gasteiger partial charge >= 0.3 is 0 Å². The molecule has 0 radical (unpaired) electrons. The molecule has 4 aromatic rings. The third kappa shape index (κ3) is 2.50. The lowest BCUT2D eigenvalue weighted by molar-refractivity contribution is 0.222. The minimum atomic E-state index is -0.453. The Balaban J connectivity index is 1.63. The summed E-state index contributed by atoms with van der Waals surface area (Å²) in [4.78, 5) is 4.29.